The van der Waals surface area contributed by atoms with Crippen molar-refractivity contribution in [2.75, 3.05) is 0 Å². The van der Waals surface area contributed by atoms with Crippen LogP contribution in [0.15, 0.2) is 55.1 Å². The van der Waals surface area contributed by atoms with Gasteiger partial charge in [-0.05, 0) is 35.3 Å². The van der Waals surface area contributed by atoms with Crippen LogP contribution in [-0.4, -0.2) is 38.0 Å². The molecule has 0 aliphatic carbocycles. The van der Waals surface area contributed by atoms with E-state index < -0.39 is 23.6 Å². The first kappa shape index (κ1) is 18.3. The molecule has 0 saturated heterocycles. The minimum Gasteiger partial charge on any atom is -0.363 e. The molecule has 27 heavy (non-hydrogen) atoms. The van der Waals surface area contributed by atoms with E-state index in [0.29, 0.717) is 21.7 Å². The molecule has 136 valence electrons. The number of nitrogens with two attached hydrogens (primary N) is 1. The zero-order chi connectivity index (χ0) is 19.2. The van der Waals surface area contributed by atoms with Crippen molar-refractivity contribution in [3.8, 4) is 11.3 Å². The summed E-state index contributed by atoms with van der Waals surface area (Å²) in [4.78, 5) is 44.8. The number of nitrogens with zero attached hydrogens (tertiary/aromatic N) is 3. The Labute approximate surface area is 158 Å². The summed E-state index contributed by atoms with van der Waals surface area (Å²) in [6.07, 6.45) is 6.38. The highest BCUT2D eigenvalue weighted by molar-refractivity contribution is 7.08. The van der Waals surface area contributed by atoms with Crippen molar-refractivity contribution in [2.24, 2.45) is 5.73 Å². The Balaban J connectivity index is 1.84. The van der Waals surface area contributed by atoms with Crippen molar-refractivity contribution in [1.29, 1.82) is 0 Å². The van der Waals surface area contributed by atoms with E-state index in [1.165, 1.54) is 6.20 Å². The van der Waals surface area contributed by atoms with Crippen LogP contribution < -0.4 is 11.1 Å². The molecule has 3 heterocycles. The lowest BCUT2D eigenvalue weighted by atomic mass is 10.0. The number of carbonyl (C=O) groups excluding carboxylic acids is 3. The second-order valence-electron chi connectivity index (χ2n) is 5.60. The minimum absolute atomic E-state index is 0.0963. The molecule has 1 atom stereocenters. The summed E-state index contributed by atoms with van der Waals surface area (Å²) >= 11 is 0.979. The maximum absolute atomic E-state index is 12.7. The standard InChI is InChI=1S/C18H15N5O3S/c19-17(25)15(24)14(8-11-4-3-6-20-9-11)23-18(26)16-12(10-22-27-16)13-5-1-2-7-21-13/h1-7,9-10,14H,8H2,(H2,19,25)(H,23,26). The summed E-state index contributed by atoms with van der Waals surface area (Å²) in [5.74, 6) is -2.52. The molecule has 1 unspecified atom stereocenters. The largest absolute Gasteiger partial charge is 0.363 e. The van der Waals surface area contributed by atoms with Crippen LogP contribution in [0.25, 0.3) is 11.3 Å². The fraction of sp³-hybridized carbons (Fsp3) is 0.111. The van der Waals surface area contributed by atoms with E-state index in [1.54, 1.807) is 48.9 Å². The van der Waals surface area contributed by atoms with Crippen LogP contribution in [0.2, 0.25) is 0 Å². The molecule has 2 amide bonds. The Kier molecular flexibility index (Phi) is 5.62. The van der Waals surface area contributed by atoms with Crippen LogP contribution in [0.1, 0.15) is 15.2 Å². The molecule has 3 N–H and O–H groups in total. The SMILES string of the molecule is NC(=O)C(=O)C(Cc1cccnc1)NC(=O)c1sncc1-c1ccccn1. The molecule has 3 aromatic heterocycles. The normalized spacial score (nSPS) is 11.6. The summed E-state index contributed by atoms with van der Waals surface area (Å²) in [6, 6.07) is 7.65. The van der Waals surface area contributed by atoms with Crippen LogP contribution >= 0.6 is 11.5 Å². The van der Waals surface area contributed by atoms with Crippen LogP contribution in [0, 0.1) is 0 Å². The topological polar surface area (TPSA) is 128 Å². The minimum atomic E-state index is -1.11. The van der Waals surface area contributed by atoms with E-state index in [9.17, 15) is 14.4 Å². The van der Waals surface area contributed by atoms with Gasteiger partial charge in [-0.3, -0.25) is 24.4 Å². The number of primary amides is 1. The van der Waals surface area contributed by atoms with Gasteiger partial charge in [0.2, 0.25) is 5.78 Å². The third-order valence-electron chi connectivity index (χ3n) is 3.74. The number of nitrogens with one attached hydrogen (secondary N) is 1. The van der Waals surface area contributed by atoms with Gasteiger partial charge in [-0.15, -0.1) is 0 Å². The van der Waals surface area contributed by atoms with Crippen molar-refractivity contribution in [2.45, 2.75) is 12.5 Å². The smallest absolute Gasteiger partial charge is 0.287 e. The lowest BCUT2D eigenvalue weighted by Crippen LogP contribution is -2.47. The molecule has 3 aromatic rings. The number of carbonyl (C=O) groups is 3. The van der Waals surface area contributed by atoms with Crippen molar-refractivity contribution in [1.82, 2.24) is 19.7 Å². The number of Topliss-reactive ketones (excluding diaryl/α,β-unsaturated/α-hetero) is 1. The van der Waals surface area contributed by atoms with Crippen LogP contribution in [-0.2, 0) is 16.0 Å². The van der Waals surface area contributed by atoms with E-state index in [1.807, 2.05) is 0 Å². The van der Waals surface area contributed by atoms with Gasteiger partial charge in [-0.1, -0.05) is 12.1 Å². The number of pyridine rings is 2. The highest BCUT2D eigenvalue weighted by Gasteiger charge is 2.27. The van der Waals surface area contributed by atoms with Gasteiger partial charge >= 0.3 is 0 Å². The molecular formula is C18H15N5O3S. The first-order chi connectivity index (χ1) is 13.1. The van der Waals surface area contributed by atoms with E-state index in [0.717, 1.165) is 11.5 Å². The highest BCUT2D eigenvalue weighted by Crippen LogP contribution is 2.24. The van der Waals surface area contributed by atoms with Crippen LogP contribution in [0.4, 0.5) is 0 Å². The number of ketones is 1. The molecule has 9 heteroatoms. The maximum atomic E-state index is 12.7. The molecule has 0 aliphatic heterocycles. The monoisotopic (exact) mass is 381 g/mol. The van der Waals surface area contributed by atoms with Crippen LogP contribution in [0.5, 0.6) is 0 Å². The second kappa shape index (κ2) is 8.28. The van der Waals surface area contributed by atoms with Gasteiger partial charge in [0.15, 0.2) is 0 Å². The van der Waals surface area contributed by atoms with Gasteiger partial charge in [0.05, 0.1) is 11.9 Å². The number of amides is 2. The quantitative estimate of drug-likeness (QED) is 0.588. The fourth-order valence-corrected chi connectivity index (χ4v) is 3.13. The number of rotatable bonds is 7. The van der Waals surface area contributed by atoms with Gasteiger partial charge in [-0.25, -0.2) is 0 Å². The number of hydrogen-bond donors (Lipinski definition) is 2. The molecule has 0 aliphatic rings. The Morgan fingerprint density at radius 2 is 1.96 bits per heavy atom. The summed E-state index contributed by atoms with van der Waals surface area (Å²) in [5.41, 5.74) is 6.95. The van der Waals surface area contributed by atoms with Crippen molar-refractivity contribution < 1.29 is 14.4 Å². The van der Waals surface area contributed by atoms with E-state index in [-0.39, 0.29) is 6.42 Å². The first-order valence-electron chi connectivity index (χ1n) is 7.95. The van der Waals surface area contributed by atoms with Gasteiger partial charge in [0, 0.05) is 30.6 Å². The van der Waals surface area contributed by atoms with Gasteiger partial charge < -0.3 is 11.1 Å². The van der Waals surface area contributed by atoms with Gasteiger partial charge in [0.25, 0.3) is 11.8 Å². The molecule has 8 nitrogen and oxygen atoms in total. The first-order valence-corrected chi connectivity index (χ1v) is 8.73. The third kappa shape index (κ3) is 4.39. The molecule has 0 radical (unpaired) electrons. The Morgan fingerprint density at radius 1 is 1.11 bits per heavy atom. The molecular weight excluding hydrogens is 366 g/mol. The average Bonchev–Trinajstić information content (AvgIpc) is 3.18. The summed E-state index contributed by atoms with van der Waals surface area (Å²) in [6.45, 7) is 0. The fourth-order valence-electron chi connectivity index (χ4n) is 2.47. The molecule has 3 rings (SSSR count). The Bertz CT molecular complexity index is 959. The molecule has 0 spiro atoms. The second-order valence-corrected chi connectivity index (χ2v) is 6.41. The van der Waals surface area contributed by atoms with Crippen LogP contribution in [0.3, 0.4) is 0 Å². The Hall–Kier alpha value is -3.46. The zero-order valence-electron chi connectivity index (χ0n) is 14.0. The lowest BCUT2D eigenvalue weighted by molar-refractivity contribution is -0.137. The Morgan fingerprint density at radius 3 is 2.63 bits per heavy atom. The van der Waals surface area contributed by atoms with Crippen molar-refractivity contribution >= 4 is 29.1 Å². The number of aromatic nitrogens is 3. The lowest BCUT2D eigenvalue weighted by Gasteiger charge is -2.16. The average molecular weight is 381 g/mol. The van der Waals surface area contributed by atoms with Gasteiger partial charge in [0.1, 0.15) is 10.9 Å². The van der Waals surface area contributed by atoms with Gasteiger partial charge in [-0.2, -0.15) is 4.37 Å². The molecule has 0 saturated carbocycles. The van der Waals surface area contributed by atoms with Crippen molar-refractivity contribution in [3.05, 3.63) is 65.6 Å². The van der Waals surface area contributed by atoms with E-state index >= 15 is 0 Å². The molecule has 0 fully saturated rings. The molecule has 0 bridgehead atoms. The summed E-state index contributed by atoms with van der Waals surface area (Å²) < 4.78 is 4.05. The zero-order valence-corrected chi connectivity index (χ0v) is 14.8. The summed E-state index contributed by atoms with van der Waals surface area (Å²) in [7, 11) is 0. The third-order valence-corrected chi connectivity index (χ3v) is 4.54. The van der Waals surface area contributed by atoms with E-state index in [4.69, 9.17) is 5.73 Å². The number of hydrogen-bond acceptors (Lipinski definition) is 7. The molecule has 0 aromatic carbocycles. The predicted molar refractivity (Wildman–Crippen MR) is 98.7 cm³/mol. The highest BCUT2D eigenvalue weighted by atomic mass is 32.1. The predicted octanol–water partition coefficient (Wildman–Crippen LogP) is 0.996. The van der Waals surface area contributed by atoms with E-state index in [2.05, 4.69) is 19.7 Å². The van der Waals surface area contributed by atoms with Crippen molar-refractivity contribution in [3.63, 3.8) is 0 Å². The summed E-state index contributed by atoms with van der Waals surface area (Å²) in [5, 5.41) is 2.58. The maximum Gasteiger partial charge on any atom is 0.287 e.